The largest absolute Gasteiger partial charge is 0.478 e. The zero-order valence-electron chi connectivity index (χ0n) is 17.2. The maximum Gasteiger partial charge on any atom is 0.335 e. The minimum atomic E-state index is -0.905. The molecule has 4 nitrogen and oxygen atoms in total. The van der Waals surface area contributed by atoms with E-state index >= 15 is 0 Å². The van der Waals surface area contributed by atoms with Crippen LogP contribution >= 0.6 is 0 Å². The van der Waals surface area contributed by atoms with Gasteiger partial charge in [-0.1, -0.05) is 74.5 Å². The third-order valence-corrected chi connectivity index (χ3v) is 5.60. The molecule has 0 saturated carbocycles. The fourth-order valence-corrected chi connectivity index (χ4v) is 3.88. The van der Waals surface area contributed by atoms with Crippen molar-refractivity contribution in [2.45, 2.75) is 38.5 Å². The van der Waals surface area contributed by atoms with E-state index in [2.05, 4.69) is 32.0 Å². The second-order valence-corrected chi connectivity index (χ2v) is 7.81. The van der Waals surface area contributed by atoms with E-state index in [-0.39, 0.29) is 11.8 Å². The summed E-state index contributed by atoms with van der Waals surface area (Å²) in [5.41, 5.74) is 4.63. The summed E-state index contributed by atoms with van der Waals surface area (Å²) in [7, 11) is 0. The number of hydrogen-bond donors (Lipinski definition) is 2. The number of rotatable bonds is 8. The van der Waals surface area contributed by atoms with Gasteiger partial charge in [-0.2, -0.15) is 0 Å². The number of carboxylic acid groups (broad SMARTS) is 2. The van der Waals surface area contributed by atoms with Crippen molar-refractivity contribution < 1.29 is 19.8 Å². The Morgan fingerprint density at radius 1 is 0.667 bits per heavy atom. The zero-order chi connectivity index (χ0) is 21.7. The number of carboxylic acids is 2. The van der Waals surface area contributed by atoms with Crippen LogP contribution in [-0.4, -0.2) is 22.2 Å². The van der Waals surface area contributed by atoms with Crippen LogP contribution in [0, 0.1) is 0 Å². The summed E-state index contributed by atoms with van der Waals surface area (Å²) < 4.78 is 0. The van der Waals surface area contributed by atoms with Crippen molar-refractivity contribution in [1.82, 2.24) is 0 Å². The Morgan fingerprint density at radius 2 is 1.07 bits per heavy atom. The molecule has 0 radical (unpaired) electrons. The Labute approximate surface area is 176 Å². The molecule has 0 amide bonds. The van der Waals surface area contributed by atoms with Gasteiger partial charge in [0, 0.05) is 0 Å². The average molecular weight is 402 g/mol. The van der Waals surface area contributed by atoms with Gasteiger partial charge in [0.25, 0.3) is 0 Å². The normalized spacial score (nSPS) is 12.9. The lowest BCUT2D eigenvalue weighted by Gasteiger charge is -2.18. The molecule has 0 aliphatic rings. The molecule has 0 spiro atoms. The van der Waals surface area contributed by atoms with Gasteiger partial charge in [0.05, 0.1) is 11.1 Å². The van der Waals surface area contributed by atoms with E-state index in [9.17, 15) is 19.8 Å². The number of aromatic carboxylic acids is 2. The maximum atomic E-state index is 11.5. The second-order valence-electron chi connectivity index (χ2n) is 7.81. The summed E-state index contributed by atoms with van der Waals surface area (Å²) >= 11 is 0. The van der Waals surface area contributed by atoms with Crippen LogP contribution < -0.4 is 0 Å². The Morgan fingerprint density at radius 3 is 1.47 bits per heavy atom. The zero-order valence-corrected chi connectivity index (χ0v) is 17.2. The van der Waals surface area contributed by atoms with Crippen LogP contribution in [0.1, 0.15) is 68.7 Å². The first-order chi connectivity index (χ1) is 14.4. The summed E-state index contributed by atoms with van der Waals surface area (Å²) in [6.07, 6.45) is 1.28. The highest BCUT2D eigenvalue weighted by Gasteiger charge is 2.16. The summed E-state index contributed by atoms with van der Waals surface area (Å²) in [6.45, 7) is 4.20. The van der Waals surface area contributed by atoms with Crippen molar-refractivity contribution in [3.63, 3.8) is 0 Å². The molecule has 0 aliphatic heterocycles. The highest BCUT2D eigenvalue weighted by Crippen LogP contribution is 2.28. The van der Waals surface area contributed by atoms with Gasteiger partial charge in [-0.15, -0.1) is 0 Å². The molecule has 0 bridgehead atoms. The lowest BCUT2D eigenvalue weighted by Crippen LogP contribution is -2.08. The topological polar surface area (TPSA) is 74.6 Å². The number of carbonyl (C=O) groups is 2. The van der Waals surface area contributed by atoms with Crippen molar-refractivity contribution >= 4 is 11.9 Å². The van der Waals surface area contributed by atoms with Gasteiger partial charge in [0.15, 0.2) is 0 Å². The molecule has 30 heavy (non-hydrogen) atoms. The Hall–Kier alpha value is -3.40. The van der Waals surface area contributed by atoms with Gasteiger partial charge < -0.3 is 10.2 Å². The van der Waals surface area contributed by atoms with Gasteiger partial charge in [0.2, 0.25) is 0 Å². The minimum absolute atomic E-state index is 0.156. The molecule has 0 fully saturated rings. The molecule has 3 aromatic carbocycles. The molecule has 2 unspecified atom stereocenters. The van der Waals surface area contributed by atoms with Crippen LogP contribution in [-0.2, 0) is 12.8 Å². The first-order valence-electron chi connectivity index (χ1n) is 10.1. The third-order valence-electron chi connectivity index (χ3n) is 5.60. The monoisotopic (exact) mass is 402 g/mol. The highest BCUT2D eigenvalue weighted by molar-refractivity contribution is 5.89. The second kappa shape index (κ2) is 9.40. The van der Waals surface area contributed by atoms with Gasteiger partial charge >= 0.3 is 11.9 Å². The molecule has 4 heteroatoms. The quantitative estimate of drug-likeness (QED) is 0.501. The fraction of sp³-hybridized carbons (Fsp3) is 0.231. The number of benzene rings is 3. The average Bonchev–Trinajstić information content (AvgIpc) is 2.74. The van der Waals surface area contributed by atoms with Crippen molar-refractivity contribution in [2.24, 2.45) is 0 Å². The third kappa shape index (κ3) is 4.95. The lowest BCUT2D eigenvalue weighted by molar-refractivity contribution is 0.0684. The summed E-state index contributed by atoms with van der Waals surface area (Å²) in [6, 6.07) is 22.6. The first-order valence-corrected chi connectivity index (χ1v) is 10.1. The lowest BCUT2D eigenvalue weighted by atomic mass is 9.87. The van der Waals surface area contributed by atoms with Crippen LogP contribution in [0.15, 0.2) is 72.8 Å². The van der Waals surface area contributed by atoms with E-state index in [0.717, 1.165) is 22.3 Å². The van der Waals surface area contributed by atoms with Gasteiger partial charge in [-0.3, -0.25) is 0 Å². The Bertz CT molecular complexity index is 973. The summed E-state index contributed by atoms with van der Waals surface area (Å²) in [4.78, 5) is 23.0. The van der Waals surface area contributed by atoms with E-state index in [4.69, 9.17) is 0 Å². The van der Waals surface area contributed by atoms with E-state index in [1.165, 1.54) is 0 Å². The van der Waals surface area contributed by atoms with Crippen molar-refractivity contribution in [2.75, 3.05) is 0 Å². The van der Waals surface area contributed by atoms with Gasteiger partial charge in [-0.05, 0) is 59.1 Å². The van der Waals surface area contributed by atoms with Crippen LogP contribution in [0.3, 0.4) is 0 Å². The molecule has 154 valence electrons. The molecule has 0 aromatic heterocycles. The molecule has 0 aliphatic carbocycles. The van der Waals surface area contributed by atoms with Crippen LogP contribution in [0.2, 0.25) is 0 Å². The fourth-order valence-electron chi connectivity index (χ4n) is 3.88. The van der Waals surface area contributed by atoms with E-state index in [1.54, 1.807) is 24.3 Å². The molecule has 0 heterocycles. The van der Waals surface area contributed by atoms with E-state index < -0.39 is 11.9 Å². The number of hydrogen-bond acceptors (Lipinski definition) is 2. The van der Waals surface area contributed by atoms with Crippen LogP contribution in [0.25, 0.3) is 0 Å². The predicted molar refractivity (Wildman–Crippen MR) is 117 cm³/mol. The first kappa shape index (κ1) is 21.3. The molecule has 3 rings (SSSR count). The Kier molecular flexibility index (Phi) is 6.68. The smallest absolute Gasteiger partial charge is 0.335 e. The molecule has 0 saturated heterocycles. The maximum absolute atomic E-state index is 11.5. The van der Waals surface area contributed by atoms with Crippen molar-refractivity contribution in [3.8, 4) is 0 Å². The van der Waals surface area contributed by atoms with Gasteiger partial charge in [0.1, 0.15) is 0 Å². The van der Waals surface area contributed by atoms with E-state index in [1.807, 2.05) is 30.3 Å². The minimum Gasteiger partial charge on any atom is -0.478 e. The van der Waals surface area contributed by atoms with Crippen LogP contribution in [0.4, 0.5) is 0 Å². The van der Waals surface area contributed by atoms with Crippen molar-refractivity contribution in [1.29, 1.82) is 0 Å². The molecular weight excluding hydrogens is 376 g/mol. The van der Waals surface area contributed by atoms with Crippen LogP contribution in [0.5, 0.6) is 0 Å². The summed E-state index contributed by atoms with van der Waals surface area (Å²) in [5, 5.41) is 18.9. The SMILES string of the molecule is CC(Cc1ccccc1C(=O)O)c1cccc(C(C)Cc2ccccc2C(=O)O)c1. The standard InChI is InChI=1S/C26H26O4/c1-17(14-21-8-3-5-12-23(21)25(27)28)19-10-7-11-20(16-19)18(2)15-22-9-4-6-13-24(22)26(29)30/h3-13,16-18H,14-15H2,1-2H3,(H,27,28)(H,29,30). The molecule has 2 atom stereocenters. The Balaban J connectivity index is 1.79. The molecular formula is C26H26O4. The summed E-state index contributed by atoms with van der Waals surface area (Å²) in [5.74, 6) is -1.50. The highest BCUT2D eigenvalue weighted by atomic mass is 16.4. The predicted octanol–water partition coefficient (Wildman–Crippen LogP) is 5.78. The van der Waals surface area contributed by atoms with Gasteiger partial charge in [-0.25, -0.2) is 9.59 Å². The van der Waals surface area contributed by atoms with Crippen molar-refractivity contribution in [3.05, 3.63) is 106 Å². The molecule has 2 N–H and O–H groups in total. The molecule has 3 aromatic rings. The van der Waals surface area contributed by atoms with E-state index in [0.29, 0.717) is 24.0 Å².